The summed E-state index contributed by atoms with van der Waals surface area (Å²) < 4.78 is 1.79. The fourth-order valence-corrected chi connectivity index (χ4v) is 1.86. The van der Waals surface area contributed by atoms with Gasteiger partial charge >= 0.3 is 0 Å². The molecule has 2 rings (SSSR count). The Kier molecular flexibility index (Phi) is 8.08. The summed E-state index contributed by atoms with van der Waals surface area (Å²) in [5, 5.41) is 7.12. The van der Waals surface area contributed by atoms with Crippen LogP contribution in [0.15, 0.2) is 24.4 Å². The van der Waals surface area contributed by atoms with E-state index in [4.69, 9.17) is 5.73 Å². The lowest BCUT2D eigenvalue weighted by Gasteiger charge is -2.08. The molecule has 3 N–H and O–H groups in total. The number of carbonyl (C=O) groups is 1. The number of hydrogen-bond acceptors (Lipinski definition) is 4. The zero-order valence-corrected chi connectivity index (χ0v) is 14.4. The molecule has 8 heteroatoms. The lowest BCUT2D eigenvalue weighted by atomic mass is 10.2. The summed E-state index contributed by atoms with van der Waals surface area (Å²) in [5.41, 5.74) is 8.39. The number of rotatable bonds is 4. The van der Waals surface area contributed by atoms with Crippen LogP contribution < -0.4 is 11.1 Å². The van der Waals surface area contributed by atoms with Gasteiger partial charge in [0.1, 0.15) is 0 Å². The van der Waals surface area contributed by atoms with Crippen LogP contribution in [0.3, 0.4) is 0 Å². The van der Waals surface area contributed by atoms with Gasteiger partial charge in [-0.05, 0) is 38.5 Å². The van der Waals surface area contributed by atoms with Gasteiger partial charge in [0.25, 0.3) is 0 Å². The number of pyridine rings is 1. The monoisotopic (exact) mass is 345 g/mol. The maximum Gasteiger partial charge on any atom is 0.236 e. The predicted octanol–water partition coefficient (Wildman–Crippen LogP) is 1.69. The van der Waals surface area contributed by atoms with Gasteiger partial charge in [-0.3, -0.25) is 4.79 Å². The van der Waals surface area contributed by atoms with Crippen molar-refractivity contribution in [1.29, 1.82) is 0 Å². The summed E-state index contributed by atoms with van der Waals surface area (Å²) >= 11 is 0. The molecule has 0 aliphatic rings. The molecule has 122 valence electrons. The van der Waals surface area contributed by atoms with Gasteiger partial charge < -0.3 is 11.1 Å². The van der Waals surface area contributed by atoms with E-state index >= 15 is 0 Å². The third-order valence-electron chi connectivity index (χ3n) is 2.92. The molecule has 0 fully saturated rings. The Morgan fingerprint density at radius 1 is 1.36 bits per heavy atom. The summed E-state index contributed by atoms with van der Waals surface area (Å²) in [5.74, 6) is 0.588. The van der Waals surface area contributed by atoms with Crippen LogP contribution in [0, 0.1) is 13.8 Å². The minimum atomic E-state index is -0.503. The summed E-state index contributed by atoms with van der Waals surface area (Å²) in [6.07, 6.45) is 1.73. The number of nitrogens with one attached hydrogen (secondary N) is 1. The first-order chi connectivity index (χ1) is 9.47. The highest BCUT2D eigenvalue weighted by Crippen LogP contribution is 2.10. The molecule has 1 atom stereocenters. The van der Waals surface area contributed by atoms with Crippen molar-refractivity contribution >= 4 is 30.7 Å². The van der Waals surface area contributed by atoms with E-state index in [0.717, 1.165) is 22.8 Å². The number of aryl methyl sites for hydroxylation is 2. The zero-order chi connectivity index (χ0) is 14.7. The molecule has 1 amide bonds. The van der Waals surface area contributed by atoms with Crippen molar-refractivity contribution in [3.63, 3.8) is 0 Å². The second-order valence-corrected chi connectivity index (χ2v) is 4.87. The number of hydrogen-bond donors (Lipinski definition) is 2. The average Bonchev–Trinajstić information content (AvgIpc) is 2.75. The molecule has 0 bridgehead atoms. The Hall–Kier alpha value is -1.63. The van der Waals surface area contributed by atoms with E-state index in [1.165, 1.54) is 0 Å². The largest absolute Gasteiger partial charge is 0.351 e. The van der Waals surface area contributed by atoms with Crippen LogP contribution >= 0.6 is 24.8 Å². The molecule has 0 aromatic carbocycles. The third kappa shape index (κ3) is 4.98. The zero-order valence-electron chi connectivity index (χ0n) is 12.7. The second-order valence-electron chi connectivity index (χ2n) is 4.87. The van der Waals surface area contributed by atoms with E-state index in [0.29, 0.717) is 6.54 Å². The molecule has 2 aromatic heterocycles. The van der Waals surface area contributed by atoms with Crippen molar-refractivity contribution in [2.24, 2.45) is 5.73 Å². The van der Waals surface area contributed by atoms with E-state index < -0.39 is 6.04 Å². The van der Waals surface area contributed by atoms with Crippen molar-refractivity contribution in [3.8, 4) is 5.82 Å². The van der Waals surface area contributed by atoms with Crippen LogP contribution in [-0.2, 0) is 11.3 Å². The van der Waals surface area contributed by atoms with E-state index in [2.05, 4.69) is 15.4 Å². The Labute approximate surface area is 142 Å². The molecule has 0 radical (unpaired) electrons. The molecular formula is C14H21Cl2N5O. The number of aromatic nitrogens is 3. The first-order valence-corrected chi connectivity index (χ1v) is 6.49. The average molecular weight is 346 g/mol. The smallest absolute Gasteiger partial charge is 0.236 e. The van der Waals surface area contributed by atoms with Crippen molar-refractivity contribution < 1.29 is 4.79 Å². The van der Waals surface area contributed by atoms with Crippen LogP contribution in [0.4, 0.5) is 0 Å². The maximum atomic E-state index is 11.4. The molecule has 0 aliphatic carbocycles. The summed E-state index contributed by atoms with van der Waals surface area (Å²) in [7, 11) is 0. The highest BCUT2D eigenvalue weighted by atomic mass is 35.5. The first kappa shape index (κ1) is 20.4. The van der Waals surface area contributed by atoms with Crippen molar-refractivity contribution in [3.05, 3.63) is 41.3 Å². The molecule has 0 saturated carbocycles. The Bertz CT molecular complexity index is 610. The molecule has 0 unspecified atom stereocenters. The minimum Gasteiger partial charge on any atom is -0.351 e. The standard InChI is InChI=1S/C14H19N5O.2ClH/c1-9-6-10(2)19(18-9)13-5-4-12(7-16-13)8-17-14(20)11(3)15;;/h4-7,11H,8,15H2,1-3H3,(H,17,20);2*1H/t11-;;/m1../s1. The minimum absolute atomic E-state index is 0. The van der Waals surface area contributed by atoms with Gasteiger partial charge in [0.2, 0.25) is 5.91 Å². The molecule has 22 heavy (non-hydrogen) atoms. The number of nitrogens with zero attached hydrogens (tertiary/aromatic N) is 3. The van der Waals surface area contributed by atoms with Gasteiger partial charge in [-0.1, -0.05) is 6.07 Å². The topological polar surface area (TPSA) is 85.8 Å². The Morgan fingerprint density at radius 3 is 2.50 bits per heavy atom. The van der Waals surface area contributed by atoms with Gasteiger partial charge in [0.05, 0.1) is 11.7 Å². The van der Waals surface area contributed by atoms with E-state index in [9.17, 15) is 4.79 Å². The van der Waals surface area contributed by atoms with Crippen LogP contribution in [-0.4, -0.2) is 26.7 Å². The third-order valence-corrected chi connectivity index (χ3v) is 2.92. The van der Waals surface area contributed by atoms with Crippen LogP contribution in [0.1, 0.15) is 23.9 Å². The van der Waals surface area contributed by atoms with Crippen molar-refractivity contribution in [2.75, 3.05) is 0 Å². The fourth-order valence-electron chi connectivity index (χ4n) is 1.86. The highest BCUT2D eigenvalue weighted by Gasteiger charge is 2.07. The lowest BCUT2D eigenvalue weighted by molar-refractivity contribution is -0.122. The van der Waals surface area contributed by atoms with Crippen LogP contribution in [0.5, 0.6) is 0 Å². The number of carbonyl (C=O) groups excluding carboxylic acids is 1. The van der Waals surface area contributed by atoms with Gasteiger partial charge in [-0.25, -0.2) is 9.67 Å². The molecule has 0 aliphatic heterocycles. The summed E-state index contributed by atoms with van der Waals surface area (Å²) in [6, 6.07) is 5.29. The molecule has 0 spiro atoms. The summed E-state index contributed by atoms with van der Waals surface area (Å²) in [6.45, 7) is 6.00. The second kappa shape index (κ2) is 8.73. The van der Waals surface area contributed by atoms with Gasteiger partial charge in [-0.15, -0.1) is 24.8 Å². The number of nitrogens with two attached hydrogens (primary N) is 1. The van der Waals surface area contributed by atoms with E-state index in [1.807, 2.05) is 32.0 Å². The van der Waals surface area contributed by atoms with E-state index in [1.54, 1.807) is 17.8 Å². The molecule has 6 nitrogen and oxygen atoms in total. The maximum absolute atomic E-state index is 11.4. The van der Waals surface area contributed by atoms with Crippen LogP contribution in [0.2, 0.25) is 0 Å². The Morgan fingerprint density at radius 2 is 2.05 bits per heavy atom. The number of halogens is 2. The molecule has 2 heterocycles. The van der Waals surface area contributed by atoms with Gasteiger partial charge in [-0.2, -0.15) is 5.10 Å². The first-order valence-electron chi connectivity index (χ1n) is 6.49. The normalized spacial score (nSPS) is 11.1. The predicted molar refractivity (Wildman–Crippen MR) is 90.8 cm³/mol. The van der Waals surface area contributed by atoms with Crippen molar-refractivity contribution in [1.82, 2.24) is 20.1 Å². The molecular weight excluding hydrogens is 325 g/mol. The van der Waals surface area contributed by atoms with Gasteiger partial charge in [0, 0.05) is 18.4 Å². The SMILES string of the molecule is Cc1cc(C)n(-c2ccc(CNC(=O)[C@@H](C)N)cn2)n1.Cl.Cl. The van der Waals surface area contributed by atoms with E-state index in [-0.39, 0.29) is 30.7 Å². The summed E-state index contributed by atoms with van der Waals surface area (Å²) in [4.78, 5) is 15.7. The Balaban J connectivity index is 0.00000220. The quantitative estimate of drug-likeness (QED) is 0.882. The van der Waals surface area contributed by atoms with Gasteiger partial charge in [0.15, 0.2) is 5.82 Å². The highest BCUT2D eigenvalue weighted by molar-refractivity contribution is 5.85. The molecule has 0 saturated heterocycles. The lowest BCUT2D eigenvalue weighted by Crippen LogP contribution is -2.37. The molecule has 2 aromatic rings. The van der Waals surface area contributed by atoms with Crippen molar-refractivity contribution in [2.45, 2.75) is 33.4 Å². The van der Waals surface area contributed by atoms with Crippen LogP contribution in [0.25, 0.3) is 5.82 Å². The fraction of sp³-hybridized carbons (Fsp3) is 0.357. The number of amides is 1.